The number of nitrogens with zero attached hydrogens (tertiary/aromatic N) is 2. The van der Waals surface area contributed by atoms with Crippen LogP contribution in [0.3, 0.4) is 0 Å². The number of aliphatic hydroxyl groups is 1. The van der Waals surface area contributed by atoms with Gasteiger partial charge in [0.2, 0.25) is 0 Å². The first-order valence-electron chi connectivity index (χ1n) is 10.1. The van der Waals surface area contributed by atoms with Gasteiger partial charge in [0.15, 0.2) is 0 Å². The molecule has 7 nitrogen and oxygen atoms in total. The van der Waals surface area contributed by atoms with E-state index in [1.54, 1.807) is 31.4 Å². The van der Waals surface area contributed by atoms with Gasteiger partial charge in [0.25, 0.3) is 0 Å². The van der Waals surface area contributed by atoms with Crippen LogP contribution in [-0.4, -0.2) is 66.5 Å². The molecule has 0 spiro atoms. The van der Waals surface area contributed by atoms with Gasteiger partial charge in [0.1, 0.15) is 17.1 Å². The molecule has 2 aromatic carbocycles. The van der Waals surface area contributed by atoms with Crippen molar-refractivity contribution in [2.75, 3.05) is 46.4 Å². The Hall–Kier alpha value is -2.87. The molecule has 1 aliphatic heterocycles. The van der Waals surface area contributed by atoms with Crippen molar-refractivity contribution in [1.29, 1.82) is 0 Å². The van der Waals surface area contributed by atoms with Crippen LogP contribution in [0, 0.1) is 0 Å². The van der Waals surface area contributed by atoms with Crippen LogP contribution in [0.2, 0.25) is 0 Å². The van der Waals surface area contributed by atoms with Gasteiger partial charge in [0, 0.05) is 44.7 Å². The van der Waals surface area contributed by atoms with Crippen molar-refractivity contribution in [3.63, 3.8) is 0 Å². The fourth-order valence-electron chi connectivity index (χ4n) is 3.89. The van der Waals surface area contributed by atoms with E-state index in [1.165, 1.54) is 0 Å². The summed E-state index contributed by atoms with van der Waals surface area (Å²) in [7, 11) is 1.60. The average molecular weight is 410 g/mol. The number of ether oxygens (including phenoxy) is 1. The van der Waals surface area contributed by atoms with Crippen LogP contribution in [0.5, 0.6) is 11.5 Å². The van der Waals surface area contributed by atoms with E-state index in [1.807, 2.05) is 18.2 Å². The highest BCUT2D eigenvalue weighted by atomic mass is 16.5. The molecule has 0 unspecified atom stereocenters. The average Bonchev–Trinajstić information content (AvgIpc) is 2.77. The van der Waals surface area contributed by atoms with E-state index in [2.05, 4.69) is 9.80 Å². The standard InChI is InChI=1S/C23H26N2O5/c1-29-18-5-2-16(3-6-18)19-14-17-4-7-21(27)20(22(17)30-23(19)28)15-25-10-8-24(9-11-25)12-13-26/h2-7,14,26-27H,8-13,15H2,1H3. The quantitative estimate of drug-likeness (QED) is 0.603. The van der Waals surface area contributed by atoms with Crippen molar-refractivity contribution in [3.8, 4) is 22.6 Å². The van der Waals surface area contributed by atoms with Crippen molar-refractivity contribution in [3.05, 3.63) is 58.4 Å². The number of benzene rings is 2. The lowest BCUT2D eigenvalue weighted by Gasteiger charge is -2.34. The number of hydrogen-bond acceptors (Lipinski definition) is 7. The Labute approximate surface area is 174 Å². The number of methoxy groups -OCH3 is 1. The first-order chi connectivity index (χ1) is 14.6. The Balaban J connectivity index is 1.63. The van der Waals surface area contributed by atoms with E-state index in [0.29, 0.717) is 29.8 Å². The summed E-state index contributed by atoms with van der Waals surface area (Å²) in [6.45, 7) is 4.70. The Morgan fingerprint density at radius 3 is 2.40 bits per heavy atom. The number of piperazine rings is 1. The van der Waals surface area contributed by atoms with Gasteiger partial charge in [-0.2, -0.15) is 0 Å². The molecule has 0 amide bonds. The minimum absolute atomic E-state index is 0.126. The topological polar surface area (TPSA) is 86.4 Å². The molecule has 3 aromatic rings. The Kier molecular flexibility index (Phi) is 6.03. The molecular weight excluding hydrogens is 384 g/mol. The minimum Gasteiger partial charge on any atom is -0.507 e. The third kappa shape index (κ3) is 4.18. The maximum Gasteiger partial charge on any atom is 0.344 e. The molecule has 1 aliphatic rings. The maximum absolute atomic E-state index is 12.7. The summed E-state index contributed by atoms with van der Waals surface area (Å²) in [5.41, 5.74) is 1.84. The van der Waals surface area contributed by atoms with Gasteiger partial charge in [-0.1, -0.05) is 12.1 Å². The fourth-order valence-corrected chi connectivity index (χ4v) is 3.89. The van der Waals surface area contributed by atoms with Gasteiger partial charge >= 0.3 is 5.63 Å². The molecule has 0 radical (unpaired) electrons. The van der Waals surface area contributed by atoms with Crippen molar-refractivity contribution in [1.82, 2.24) is 9.80 Å². The van der Waals surface area contributed by atoms with E-state index in [9.17, 15) is 9.90 Å². The monoisotopic (exact) mass is 410 g/mol. The highest BCUT2D eigenvalue weighted by Gasteiger charge is 2.20. The van der Waals surface area contributed by atoms with Gasteiger partial charge in [-0.15, -0.1) is 0 Å². The van der Waals surface area contributed by atoms with Crippen LogP contribution in [-0.2, 0) is 6.54 Å². The van der Waals surface area contributed by atoms with Crippen LogP contribution in [0.1, 0.15) is 5.56 Å². The van der Waals surface area contributed by atoms with Crippen molar-refractivity contribution in [2.24, 2.45) is 0 Å². The SMILES string of the molecule is COc1ccc(-c2cc3ccc(O)c(CN4CCN(CCO)CC4)c3oc2=O)cc1. The van der Waals surface area contributed by atoms with Gasteiger partial charge < -0.3 is 19.4 Å². The van der Waals surface area contributed by atoms with Crippen molar-refractivity contribution >= 4 is 11.0 Å². The summed E-state index contributed by atoms with van der Waals surface area (Å²) in [6.07, 6.45) is 0. The zero-order valence-electron chi connectivity index (χ0n) is 17.0. The smallest absolute Gasteiger partial charge is 0.344 e. The number of hydrogen-bond donors (Lipinski definition) is 2. The lowest BCUT2D eigenvalue weighted by Crippen LogP contribution is -2.46. The Bertz CT molecular complexity index is 1070. The Morgan fingerprint density at radius 2 is 1.73 bits per heavy atom. The largest absolute Gasteiger partial charge is 0.507 e. The lowest BCUT2D eigenvalue weighted by molar-refractivity contribution is 0.108. The molecule has 1 fully saturated rings. The zero-order chi connectivity index (χ0) is 21.1. The summed E-state index contributed by atoms with van der Waals surface area (Å²) in [5, 5.41) is 20.3. The number of aliphatic hydroxyl groups excluding tert-OH is 1. The van der Waals surface area contributed by atoms with Crippen LogP contribution in [0.25, 0.3) is 22.1 Å². The second-order valence-electron chi connectivity index (χ2n) is 7.50. The molecule has 2 heterocycles. The predicted molar refractivity (Wildman–Crippen MR) is 115 cm³/mol. The highest BCUT2D eigenvalue weighted by molar-refractivity contribution is 5.85. The molecule has 0 bridgehead atoms. The number of fused-ring (bicyclic) bond motifs is 1. The number of aromatic hydroxyl groups is 1. The Morgan fingerprint density at radius 1 is 1.03 bits per heavy atom. The zero-order valence-corrected chi connectivity index (χ0v) is 17.0. The molecule has 1 saturated heterocycles. The number of phenols is 1. The predicted octanol–water partition coefficient (Wildman–Crippen LogP) is 2.28. The molecule has 1 aromatic heterocycles. The molecule has 0 aliphatic carbocycles. The second-order valence-corrected chi connectivity index (χ2v) is 7.50. The number of β-amino-alcohol motifs (C(OH)–C–C–N with tert-alkyl or cyclic N) is 1. The van der Waals surface area contributed by atoms with E-state index >= 15 is 0 Å². The van der Waals surface area contributed by atoms with Gasteiger partial charge in [0.05, 0.1) is 24.8 Å². The molecular formula is C23H26N2O5. The van der Waals surface area contributed by atoms with Gasteiger partial charge in [-0.05, 0) is 35.9 Å². The van der Waals surface area contributed by atoms with Crippen LogP contribution < -0.4 is 10.4 Å². The van der Waals surface area contributed by atoms with Crippen LogP contribution in [0.15, 0.2) is 51.7 Å². The van der Waals surface area contributed by atoms with Crippen LogP contribution in [0.4, 0.5) is 0 Å². The minimum atomic E-state index is -0.438. The molecule has 4 rings (SSSR count). The summed E-state index contributed by atoms with van der Waals surface area (Å²) >= 11 is 0. The van der Waals surface area contributed by atoms with Gasteiger partial charge in [-0.25, -0.2) is 4.79 Å². The number of phenolic OH excluding ortho intramolecular Hbond substituents is 1. The molecule has 0 atom stereocenters. The molecule has 7 heteroatoms. The van der Waals surface area contributed by atoms with Crippen molar-refractivity contribution in [2.45, 2.75) is 6.54 Å². The summed E-state index contributed by atoms with van der Waals surface area (Å²) in [6, 6.07) is 12.5. The lowest BCUT2D eigenvalue weighted by atomic mass is 10.0. The highest BCUT2D eigenvalue weighted by Crippen LogP contribution is 2.30. The normalized spacial score (nSPS) is 15.5. The summed E-state index contributed by atoms with van der Waals surface area (Å²) in [4.78, 5) is 17.2. The third-order valence-electron chi connectivity index (χ3n) is 5.64. The molecule has 158 valence electrons. The van der Waals surface area contributed by atoms with Crippen LogP contribution >= 0.6 is 0 Å². The summed E-state index contributed by atoms with van der Waals surface area (Å²) < 4.78 is 10.9. The second kappa shape index (κ2) is 8.87. The van der Waals surface area contributed by atoms with Crippen molar-refractivity contribution < 1.29 is 19.4 Å². The third-order valence-corrected chi connectivity index (χ3v) is 5.64. The molecule has 30 heavy (non-hydrogen) atoms. The van der Waals surface area contributed by atoms with E-state index in [0.717, 1.165) is 42.9 Å². The van der Waals surface area contributed by atoms with Gasteiger partial charge in [-0.3, -0.25) is 9.80 Å². The van der Waals surface area contributed by atoms with E-state index < -0.39 is 5.63 Å². The fraction of sp³-hybridized carbons (Fsp3) is 0.348. The first kappa shape index (κ1) is 20.4. The first-order valence-corrected chi connectivity index (χ1v) is 10.1. The van der Waals surface area contributed by atoms with E-state index in [-0.39, 0.29) is 12.4 Å². The van der Waals surface area contributed by atoms with E-state index in [4.69, 9.17) is 14.3 Å². The molecule has 2 N–H and O–H groups in total. The number of rotatable bonds is 6. The molecule has 0 saturated carbocycles. The summed E-state index contributed by atoms with van der Waals surface area (Å²) in [5.74, 6) is 0.843. The maximum atomic E-state index is 12.7.